The molecule has 1 heterocycles. The Balaban J connectivity index is 2.31. The highest BCUT2D eigenvalue weighted by Crippen LogP contribution is 2.33. The van der Waals surface area contributed by atoms with E-state index in [0.717, 1.165) is 10.9 Å². The third-order valence-electron chi connectivity index (χ3n) is 4.09. The number of hydrogen-bond donors (Lipinski definition) is 0. The van der Waals surface area contributed by atoms with E-state index in [1.807, 2.05) is 24.3 Å². The highest BCUT2D eigenvalue weighted by atomic mass is 19.1. The molecule has 0 aliphatic rings. The molecule has 0 aliphatic heterocycles. The predicted molar refractivity (Wildman–Crippen MR) is 91.0 cm³/mol. The normalized spacial score (nSPS) is 11.9. The van der Waals surface area contributed by atoms with Gasteiger partial charge in [-0.2, -0.15) is 5.26 Å². The van der Waals surface area contributed by atoms with E-state index in [2.05, 4.69) is 12.6 Å². The molecule has 0 saturated heterocycles. The summed E-state index contributed by atoms with van der Waals surface area (Å²) in [6.45, 7) is 5.36. The Morgan fingerprint density at radius 2 is 1.88 bits per heavy atom. The van der Waals surface area contributed by atoms with Gasteiger partial charge in [-0.3, -0.25) is 4.79 Å². The van der Waals surface area contributed by atoms with Crippen LogP contribution in [0.2, 0.25) is 0 Å². The van der Waals surface area contributed by atoms with Gasteiger partial charge in [0.15, 0.2) is 5.78 Å². The van der Waals surface area contributed by atoms with Crippen molar-refractivity contribution in [3.63, 3.8) is 0 Å². The summed E-state index contributed by atoms with van der Waals surface area (Å²) in [5.74, 6) is -0.533. The van der Waals surface area contributed by atoms with Crippen molar-refractivity contribution in [3.8, 4) is 6.07 Å². The first kappa shape index (κ1) is 15.7. The maximum absolute atomic E-state index is 13.3. The standard InChI is InChI=1S/C20H15FN2O/c1-13(14(2)24)20(15-7-9-17(21)10-8-15)23-18(12-22)11-16-5-3-4-6-19(16)23/h3-11,20H,1H2,2H3. The number of hydrogen-bond acceptors (Lipinski definition) is 2. The second-order valence-electron chi connectivity index (χ2n) is 5.61. The third-order valence-corrected chi connectivity index (χ3v) is 4.09. The van der Waals surface area contributed by atoms with Gasteiger partial charge in [0, 0.05) is 16.5 Å². The molecule has 3 aromatic rings. The first-order chi connectivity index (χ1) is 11.5. The number of Topliss-reactive ketones (excluding diaryl/α,β-unsaturated/α-hetero) is 1. The zero-order valence-electron chi connectivity index (χ0n) is 13.2. The molecule has 1 aromatic heterocycles. The molecule has 118 valence electrons. The van der Waals surface area contributed by atoms with Crippen molar-refractivity contribution in [1.82, 2.24) is 4.57 Å². The average Bonchev–Trinajstić information content (AvgIpc) is 2.95. The van der Waals surface area contributed by atoms with E-state index in [9.17, 15) is 14.4 Å². The molecule has 2 aromatic carbocycles. The minimum Gasteiger partial charge on any atom is -0.320 e. The van der Waals surface area contributed by atoms with Gasteiger partial charge in [-0.15, -0.1) is 0 Å². The fourth-order valence-corrected chi connectivity index (χ4v) is 2.88. The van der Waals surface area contributed by atoms with Crippen molar-refractivity contribution in [2.45, 2.75) is 13.0 Å². The van der Waals surface area contributed by atoms with Crippen LogP contribution in [-0.2, 0) is 4.79 Å². The number of carbonyl (C=O) groups is 1. The van der Waals surface area contributed by atoms with Crippen LogP contribution in [0.15, 0.2) is 66.7 Å². The van der Waals surface area contributed by atoms with Gasteiger partial charge in [-0.25, -0.2) is 4.39 Å². The lowest BCUT2D eigenvalue weighted by molar-refractivity contribution is -0.113. The van der Waals surface area contributed by atoms with Crippen LogP contribution in [0, 0.1) is 17.1 Å². The zero-order valence-corrected chi connectivity index (χ0v) is 13.2. The lowest BCUT2D eigenvalue weighted by atomic mass is 9.96. The molecule has 3 nitrogen and oxygen atoms in total. The summed E-state index contributed by atoms with van der Waals surface area (Å²) in [5.41, 5.74) is 2.30. The van der Waals surface area contributed by atoms with Gasteiger partial charge in [0.2, 0.25) is 0 Å². The Kier molecular flexibility index (Phi) is 4.01. The smallest absolute Gasteiger partial charge is 0.157 e. The molecule has 0 aliphatic carbocycles. The van der Waals surface area contributed by atoms with E-state index < -0.39 is 6.04 Å². The Labute approximate surface area is 139 Å². The van der Waals surface area contributed by atoms with Gasteiger partial charge in [0.1, 0.15) is 17.6 Å². The van der Waals surface area contributed by atoms with E-state index in [-0.39, 0.29) is 11.6 Å². The maximum Gasteiger partial charge on any atom is 0.157 e. The number of fused-ring (bicyclic) bond motifs is 1. The molecule has 4 heteroatoms. The number of nitrogens with zero attached hydrogens (tertiary/aromatic N) is 2. The van der Waals surface area contributed by atoms with Crippen LogP contribution in [0.3, 0.4) is 0 Å². The minimum atomic E-state index is -0.558. The number of benzene rings is 2. The number of rotatable bonds is 4. The Morgan fingerprint density at radius 1 is 1.21 bits per heavy atom. The van der Waals surface area contributed by atoms with Crippen LogP contribution in [0.5, 0.6) is 0 Å². The lowest BCUT2D eigenvalue weighted by Gasteiger charge is -2.23. The zero-order chi connectivity index (χ0) is 17.3. The Bertz CT molecular complexity index is 977. The van der Waals surface area contributed by atoms with Gasteiger partial charge in [-0.05, 0) is 36.8 Å². The number of para-hydroxylation sites is 1. The van der Waals surface area contributed by atoms with Crippen molar-refractivity contribution in [2.24, 2.45) is 0 Å². The first-order valence-corrected chi connectivity index (χ1v) is 7.48. The number of nitriles is 1. The summed E-state index contributed by atoms with van der Waals surface area (Å²) in [6, 6.07) is 16.9. The summed E-state index contributed by atoms with van der Waals surface area (Å²) < 4.78 is 15.1. The molecule has 1 unspecified atom stereocenters. The van der Waals surface area contributed by atoms with Crippen LogP contribution in [-0.4, -0.2) is 10.4 Å². The van der Waals surface area contributed by atoms with E-state index in [4.69, 9.17) is 0 Å². The Morgan fingerprint density at radius 3 is 2.50 bits per heavy atom. The molecular formula is C20H15FN2O. The van der Waals surface area contributed by atoms with Crippen molar-refractivity contribution in [3.05, 3.63) is 83.8 Å². The molecule has 0 bridgehead atoms. The number of allylic oxidation sites excluding steroid dienone is 1. The summed E-state index contributed by atoms with van der Waals surface area (Å²) in [4.78, 5) is 12.0. The number of carbonyl (C=O) groups excluding carboxylic acids is 1. The second kappa shape index (κ2) is 6.13. The molecule has 3 rings (SSSR count). The fraction of sp³-hybridized carbons (Fsp3) is 0.100. The van der Waals surface area contributed by atoms with Crippen LogP contribution in [0.1, 0.15) is 24.2 Å². The minimum absolute atomic E-state index is 0.175. The van der Waals surface area contributed by atoms with E-state index in [1.54, 1.807) is 22.8 Å². The average molecular weight is 318 g/mol. The van der Waals surface area contributed by atoms with Gasteiger partial charge in [0.25, 0.3) is 0 Å². The van der Waals surface area contributed by atoms with Crippen molar-refractivity contribution < 1.29 is 9.18 Å². The third kappa shape index (κ3) is 2.61. The molecule has 0 radical (unpaired) electrons. The van der Waals surface area contributed by atoms with Crippen LogP contribution in [0.4, 0.5) is 4.39 Å². The van der Waals surface area contributed by atoms with Crippen LogP contribution >= 0.6 is 0 Å². The van der Waals surface area contributed by atoms with Gasteiger partial charge >= 0.3 is 0 Å². The number of aromatic nitrogens is 1. The summed E-state index contributed by atoms with van der Waals surface area (Å²) in [5, 5.41) is 10.4. The van der Waals surface area contributed by atoms with E-state index in [1.165, 1.54) is 19.1 Å². The maximum atomic E-state index is 13.3. The molecule has 0 spiro atoms. The predicted octanol–water partition coefficient (Wildman–Crippen LogP) is 4.39. The fourth-order valence-electron chi connectivity index (χ4n) is 2.88. The summed E-state index contributed by atoms with van der Waals surface area (Å²) in [6.07, 6.45) is 0. The topological polar surface area (TPSA) is 45.8 Å². The number of ketones is 1. The van der Waals surface area contributed by atoms with Crippen molar-refractivity contribution >= 4 is 16.7 Å². The molecule has 1 atom stereocenters. The molecule has 24 heavy (non-hydrogen) atoms. The molecule has 0 saturated carbocycles. The lowest BCUT2D eigenvalue weighted by Crippen LogP contribution is -2.18. The Hall–Kier alpha value is -3.19. The quantitative estimate of drug-likeness (QED) is 0.670. The number of halogens is 1. The second-order valence-corrected chi connectivity index (χ2v) is 5.61. The van der Waals surface area contributed by atoms with Gasteiger partial charge < -0.3 is 4.57 Å². The monoisotopic (exact) mass is 318 g/mol. The highest BCUT2D eigenvalue weighted by molar-refractivity contribution is 5.95. The highest BCUT2D eigenvalue weighted by Gasteiger charge is 2.24. The SMILES string of the molecule is C=C(C(C)=O)C(c1ccc(F)cc1)n1c(C#N)cc2ccccc21. The van der Waals surface area contributed by atoms with Gasteiger partial charge in [0.05, 0.1) is 6.04 Å². The van der Waals surface area contributed by atoms with Crippen LogP contribution in [0.25, 0.3) is 10.9 Å². The van der Waals surface area contributed by atoms with Crippen molar-refractivity contribution in [1.29, 1.82) is 5.26 Å². The van der Waals surface area contributed by atoms with Crippen LogP contribution < -0.4 is 0 Å². The van der Waals surface area contributed by atoms with E-state index in [0.29, 0.717) is 16.8 Å². The first-order valence-electron chi connectivity index (χ1n) is 7.48. The molecular weight excluding hydrogens is 303 g/mol. The molecule has 0 N–H and O–H groups in total. The van der Waals surface area contributed by atoms with Gasteiger partial charge in [-0.1, -0.05) is 36.9 Å². The summed E-state index contributed by atoms with van der Waals surface area (Å²) >= 11 is 0. The summed E-state index contributed by atoms with van der Waals surface area (Å²) in [7, 11) is 0. The van der Waals surface area contributed by atoms with Crippen molar-refractivity contribution in [2.75, 3.05) is 0 Å². The molecule has 0 fully saturated rings. The van der Waals surface area contributed by atoms with E-state index >= 15 is 0 Å². The molecule has 0 amide bonds. The largest absolute Gasteiger partial charge is 0.320 e.